The van der Waals surface area contributed by atoms with Gasteiger partial charge in [-0.1, -0.05) is 29.4 Å². The number of methoxy groups -OCH3 is 1. The van der Waals surface area contributed by atoms with Gasteiger partial charge in [-0.05, 0) is 38.1 Å². The van der Waals surface area contributed by atoms with Crippen LogP contribution in [-0.4, -0.2) is 41.9 Å². The molecule has 2 aromatic carbocycles. The molecule has 0 spiro atoms. The zero-order valence-corrected chi connectivity index (χ0v) is 19.5. The van der Waals surface area contributed by atoms with Crippen molar-refractivity contribution in [2.45, 2.75) is 24.0 Å². The summed E-state index contributed by atoms with van der Waals surface area (Å²) in [5.74, 6) is -0.0151. The smallest absolute Gasteiger partial charge is 0.337 e. The van der Waals surface area contributed by atoms with Crippen LogP contribution in [0, 0.1) is 0 Å². The highest BCUT2D eigenvalue weighted by molar-refractivity contribution is 7.92. The molecule has 2 heterocycles. The van der Waals surface area contributed by atoms with Crippen LogP contribution in [0.5, 0.6) is 0 Å². The molecule has 0 amide bonds. The zero-order valence-electron chi connectivity index (χ0n) is 18.7. The zero-order chi connectivity index (χ0) is 24.5. The van der Waals surface area contributed by atoms with Crippen LogP contribution in [0.2, 0.25) is 0 Å². The fourth-order valence-electron chi connectivity index (χ4n) is 3.25. The van der Waals surface area contributed by atoms with Crippen molar-refractivity contribution in [3.63, 3.8) is 0 Å². The maximum absolute atomic E-state index is 12.4. The van der Waals surface area contributed by atoms with Gasteiger partial charge in [-0.15, -0.1) is 0 Å². The van der Waals surface area contributed by atoms with Crippen molar-refractivity contribution in [3.05, 3.63) is 66.4 Å². The number of ether oxygens (including phenoxy) is 1. The second-order valence-corrected chi connectivity index (χ2v) is 10.3. The summed E-state index contributed by atoms with van der Waals surface area (Å²) >= 11 is 0. The number of aromatic nitrogens is 3. The van der Waals surface area contributed by atoms with Crippen molar-refractivity contribution in [1.29, 1.82) is 0 Å². The van der Waals surface area contributed by atoms with Crippen LogP contribution in [0.4, 0.5) is 5.82 Å². The molecule has 2 aromatic heterocycles. The molecule has 34 heavy (non-hydrogen) atoms. The maximum Gasteiger partial charge on any atom is 0.337 e. The van der Waals surface area contributed by atoms with Gasteiger partial charge in [-0.3, -0.25) is 0 Å². The first kappa shape index (κ1) is 23.1. The van der Waals surface area contributed by atoms with E-state index >= 15 is 0 Å². The van der Waals surface area contributed by atoms with Crippen molar-refractivity contribution < 1.29 is 22.5 Å². The van der Waals surface area contributed by atoms with Gasteiger partial charge < -0.3 is 15.0 Å². The van der Waals surface area contributed by atoms with Crippen LogP contribution in [0.1, 0.15) is 24.2 Å². The summed E-state index contributed by atoms with van der Waals surface area (Å²) in [5, 5.41) is 3.55. The molecule has 4 aromatic rings. The van der Waals surface area contributed by atoms with Gasteiger partial charge in [-0.2, -0.15) is 0 Å². The quantitative estimate of drug-likeness (QED) is 0.407. The first-order chi connectivity index (χ1) is 16.2. The average molecular weight is 479 g/mol. The van der Waals surface area contributed by atoms with Crippen molar-refractivity contribution >= 4 is 21.6 Å². The Morgan fingerprint density at radius 1 is 1.03 bits per heavy atom. The van der Waals surface area contributed by atoms with E-state index in [9.17, 15) is 13.2 Å². The number of nitrogen functional groups attached to an aromatic ring is 1. The Morgan fingerprint density at radius 3 is 2.44 bits per heavy atom. The molecule has 0 aliphatic rings. The van der Waals surface area contributed by atoms with E-state index in [0.29, 0.717) is 39.5 Å². The number of nitrogens with zero attached hydrogens (tertiary/aromatic N) is 3. The van der Waals surface area contributed by atoms with E-state index in [4.69, 9.17) is 15.0 Å². The fourth-order valence-corrected chi connectivity index (χ4v) is 4.31. The predicted molar refractivity (Wildman–Crippen MR) is 126 cm³/mol. The normalized spacial score (nSPS) is 11.5. The lowest BCUT2D eigenvalue weighted by Crippen LogP contribution is -2.13. The molecular weight excluding hydrogens is 456 g/mol. The van der Waals surface area contributed by atoms with Crippen molar-refractivity contribution in [1.82, 2.24) is 15.1 Å². The summed E-state index contributed by atoms with van der Waals surface area (Å²) < 4.78 is 35.0. The number of anilines is 1. The van der Waals surface area contributed by atoms with Crippen molar-refractivity contribution in [3.8, 4) is 34.0 Å². The van der Waals surface area contributed by atoms with Gasteiger partial charge in [0.1, 0.15) is 5.69 Å². The second kappa shape index (κ2) is 9.06. The molecule has 0 saturated carbocycles. The third-order valence-electron chi connectivity index (χ3n) is 5.22. The molecule has 2 N–H and O–H groups in total. The largest absolute Gasteiger partial charge is 0.465 e. The molecule has 0 atom stereocenters. The number of sulfone groups is 1. The van der Waals surface area contributed by atoms with Gasteiger partial charge >= 0.3 is 5.97 Å². The number of carbonyl (C=O) groups is 1. The Labute approximate surface area is 196 Å². The molecular formula is C24H22N4O5S. The van der Waals surface area contributed by atoms with Gasteiger partial charge in [0.05, 0.1) is 34.7 Å². The third kappa shape index (κ3) is 4.40. The van der Waals surface area contributed by atoms with E-state index in [1.165, 1.54) is 13.3 Å². The Kier molecular flexibility index (Phi) is 6.16. The lowest BCUT2D eigenvalue weighted by Gasteiger charge is -2.09. The molecule has 10 heteroatoms. The van der Waals surface area contributed by atoms with E-state index in [1.807, 2.05) is 0 Å². The SMILES string of the molecule is COC(=O)c1cccc(-c2cc(-c3nc(-c4ccc(S(=O)(=O)C(C)C)cc4)cnc3N)on2)c1. The van der Waals surface area contributed by atoms with Crippen LogP contribution in [0.3, 0.4) is 0 Å². The molecule has 0 bridgehead atoms. The van der Waals surface area contributed by atoms with Crippen LogP contribution >= 0.6 is 0 Å². The third-order valence-corrected chi connectivity index (χ3v) is 7.39. The van der Waals surface area contributed by atoms with Crippen molar-refractivity contribution in [2.75, 3.05) is 12.8 Å². The van der Waals surface area contributed by atoms with Gasteiger partial charge in [0, 0.05) is 17.2 Å². The Hall–Kier alpha value is -4.05. The summed E-state index contributed by atoms with van der Waals surface area (Å²) in [6, 6.07) is 14.9. The van der Waals surface area contributed by atoms with Crippen LogP contribution in [0.15, 0.2) is 70.2 Å². The van der Waals surface area contributed by atoms with E-state index in [-0.39, 0.29) is 10.7 Å². The van der Waals surface area contributed by atoms with E-state index < -0.39 is 21.1 Å². The van der Waals surface area contributed by atoms with Crippen LogP contribution in [0.25, 0.3) is 34.0 Å². The summed E-state index contributed by atoms with van der Waals surface area (Å²) in [7, 11) is -2.06. The first-order valence-electron chi connectivity index (χ1n) is 10.3. The molecule has 9 nitrogen and oxygen atoms in total. The lowest BCUT2D eigenvalue weighted by molar-refractivity contribution is 0.0600. The molecule has 0 unspecified atom stereocenters. The number of hydrogen-bond donors (Lipinski definition) is 1. The first-order valence-corrected chi connectivity index (χ1v) is 11.9. The van der Waals surface area contributed by atoms with E-state index in [0.717, 1.165) is 0 Å². The van der Waals surface area contributed by atoms with Gasteiger partial charge in [0.25, 0.3) is 0 Å². The number of benzene rings is 2. The minimum atomic E-state index is -3.38. The second-order valence-electron chi connectivity index (χ2n) is 7.76. The minimum Gasteiger partial charge on any atom is -0.465 e. The Morgan fingerprint density at radius 2 is 1.76 bits per heavy atom. The average Bonchev–Trinajstić information content (AvgIpc) is 3.34. The van der Waals surface area contributed by atoms with Gasteiger partial charge in [0.2, 0.25) is 0 Å². The molecule has 0 radical (unpaired) electrons. The summed E-state index contributed by atoms with van der Waals surface area (Å²) in [6.45, 7) is 3.27. The number of nitrogens with two attached hydrogens (primary N) is 1. The highest BCUT2D eigenvalue weighted by Crippen LogP contribution is 2.30. The van der Waals surface area contributed by atoms with Gasteiger partial charge in [0.15, 0.2) is 27.1 Å². The predicted octanol–water partition coefficient (Wildman–Crippen LogP) is 4.02. The maximum atomic E-state index is 12.4. The Bertz CT molecular complexity index is 1460. The molecule has 174 valence electrons. The monoisotopic (exact) mass is 478 g/mol. The summed E-state index contributed by atoms with van der Waals surface area (Å²) in [6.07, 6.45) is 1.50. The lowest BCUT2D eigenvalue weighted by atomic mass is 10.1. The molecule has 0 aliphatic carbocycles. The molecule has 0 fully saturated rings. The number of hydrogen-bond acceptors (Lipinski definition) is 9. The van der Waals surface area contributed by atoms with E-state index in [2.05, 4.69) is 15.1 Å². The minimum absolute atomic E-state index is 0.147. The number of rotatable bonds is 6. The van der Waals surface area contributed by atoms with Crippen molar-refractivity contribution in [2.24, 2.45) is 0 Å². The number of esters is 1. The number of carbonyl (C=O) groups excluding carboxylic acids is 1. The molecule has 0 aliphatic heterocycles. The molecule has 0 saturated heterocycles. The summed E-state index contributed by atoms with van der Waals surface area (Å²) in [5.41, 5.74) is 9.01. The Balaban J connectivity index is 1.67. The fraction of sp³-hybridized carbons (Fsp3) is 0.167. The highest BCUT2D eigenvalue weighted by atomic mass is 32.2. The van der Waals surface area contributed by atoms with E-state index in [1.54, 1.807) is 68.4 Å². The standard InChI is InChI=1S/C24H22N4O5S/c1-14(2)34(30,31)18-9-7-15(8-10-18)20-13-26-23(25)22(27-20)21-12-19(28-33-21)16-5-4-6-17(11-16)24(29)32-3/h4-14H,1-3H3,(H2,25,26). The highest BCUT2D eigenvalue weighted by Gasteiger charge is 2.20. The topological polar surface area (TPSA) is 138 Å². The molecule has 4 rings (SSSR count). The van der Waals surface area contributed by atoms with Gasteiger partial charge in [-0.25, -0.2) is 23.2 Å². The van der Waals surface area contributed by atoms with Crippen LogP contribution in [-0.2, 0) is 14.6 Å². The van der Waals surface area contributed by atoms with Crippen LogP contribution < -0.4 is 5.73 Å². The summed E-state index contributed by atoms with van der Waals surface area (Å²) in [4.78, 5) is 20.8.